The number of guanidine groups is 1. The van der Waals surface area contributed by atoms with Gasteiger partial charge in [0.05, 0.1) is 12.1 Å². The molecular weight excluding hydrogens is 192 g/mol. The Balaban J connectivity index is 4.11. The van der Waals surface area contributed by atoms with E-state index in [9.17, 15) is 5.11 Å². The number of aliphatic hydroxyl groups is 1. The van der Waals surface area contributed by atoms with E-state index in [-0.39, 0.29) is 6.04 Å². The van der Waals surface area contributed by atoms with E-state index in [4.69, 9.17) is 5.73 Å². The highest BCUT2D eigenvalue weighted by atomic mass is 16.3. The number of rotatable bonds is 5. The maximum Gasteiger partial charge on any atom is 0.188 e. The Kier molecular flexibility index (Phi) is 5.60. The summed E-state index contributed by atoms with van der Waals surface area (Å²) < 4.78 is 0. The molecule has 0 fully saturated rings. The van der Waals surface area contributed by atoms with Gasteiger partial charge in [-0.05, 0) is 34.9 Å². The fourth-order valence-electron chi connectivity index (χ4n) is 1.33. The van der Waals surface area contributed by atoms with Gasteiger partial charge in [-0.15, -0.1) is 0 Å². The second-order valence-electron chi connectivity index (χ2n) is 4.74. The molecule has 0 spiro atoms. The standard InChI is InChI=1S/C10H24N4O/c1-8(2)13-9(11)12-6-10(3,15)7-14(4)5/h8,15H,6-7H2,1-5H3,(H3,11,12,13). The van der Waals surface area contributed by atoms with Crippen LogP contribution in [0.4, 0.5) is 0 Å². The van der Waals surface area contributed by atoms with Gasteiger partial charge in [-0.1, -0.05) is 0 Å². The zero-order valence-electron chi connectivity index (χ0n) is 10.4. The van der Waals surface area contributed by atoms with Crippen LogP contribution in [0.15, 0.2) is 4.99 Å². The minimum atomic E-state index is -0.840. The molecule has 0 heterocycles. The summed E-state index contributed by atoms with van der Waals surface area (Å²) in [6.45, 7) is 6.59. The van der Waals surface area contributed by atoms with Gasteiger partial charge < -0.3 is 21.1 Å². The smallest absolute Gasteiger partial charge is 0.188 e. The molecule has 0 aliphatic heterocycles. The van der Waals surface area contributed by atoms with Gasteiger partial charge in [0.15, 0.2) is 5.96 Å². The molecule has 1 unspecified atom stereocenters. The number of nitrogens with two attached hydrogens (primary N) is 1. The number of hydrogen-bond acceptors (Lipinski definition) is 3. The van der Waals surface area contributed by atoms with Crippen molar-refractivity contribution in [3.05, 3.63) is 0 Å². The molecule has 0 radical (unpaired) electrons. The molecule has 0 aromatic carbocycles. The van der Waals surface area contributed by atoms with E-state index in [0.717, 1.165) is 0 Å². The molecule has 0 bridgehead atoms. The van der Waals surface area contributed by atoms with Crippen LogP contribution in [0.3, 0.4) is 0 Å². The zero-order chi connectivity index (χ0) is 12.1. The van der Waals surface area contributed by atoms with Crippen LogP contribution in [-0.2, 0) is 0 Å². The normalized spacial score (nSPS) is 16.9. The Labute approximate surface area is 92.4 Å². The van der Waals surface area contributed by atoms with Crippen LogP contribution in [0.5, 0.6) is 0 Å². The summed E-state index contributed by atoms with van der Waals surface area (Å²) in [6.07, 6.45) is 0. The van der Waals surface area contributed by atoms with Gasteiger partial charge in [0, 0.05) is 12.6 Å². The fraction of sp³-hybridized carbons (Fsp3) is 0.900. The van der Waals surface area contributed by atoms with E-state index in [2.05, 4.69) is 10.3 Å². The number of nitrogens with zero attached hydrogens (tertiary/aromatic N) is 2. The molecular formula is C10H24N4O. The number of nitrogens with one attached hydrogen (secondary N) is 1. The molecule has 0 saturated heterocycles. The summed E-state index contributed by atoms with van der Waals surface area (Å²) in [5, 5.41) is 12.9. The lowest BCUT2D eigenvalue weighted by Gasteiger charge is -2.25. The molecule has 15 heavy (non-hydrogen) atoms. The third-order valence-corrected chi connectivity index (χ3v) is 1.68. The van der Waals surface area contributed by atoms with E-state index in [1.807, 2.05) is 32.8 Å². The second kappa shape index (κ2) is 5.92. The van der Waals surface area contributed by atoms with E-state index in [1.54, 1.807) is 6.92 Å². The maximum atomic E-state index is 9.94. The van der Waals surface area contributed by atoms with Crippen LogP contribution in [0, 0.1) is 0 Å². The molecule has 0 aliphatic rings. The molecule has 5 heteroatoms. The Morgan fingerprint density at radius 2 is 2.07 bits per heavy atom. The molecule has 4 N–H and O–H groups in total. The van der Waals surface area contributed by atoms with Crippen LogP contribution in [0.2, 0.25) is 0 Å². The first-order chi connectivity index (χ1) is 6.73. The van der Waals surface area contributed by atoms with Crippen LogP contribution in [-0.4, -0.2) is 54.8 Å². The number of likely N-dealkylation sites (N-methyl/N-ethyl adjacent to an activating group) is 1. The summed E-state index contributed by atoms with van der Waals surface area (Å²) >= 11 is 0. The molecule has 5 nitrogen and oxygen atoms in total. The summed E-state index contributed by atoms with van der Waals surface area (Å²) in [6, 6.07) is 0.257. The molecule has 1 atom stereocenters. The van der Waals surface area contributed by atoms with E-state index >= 15 is 0 Å². The van der Waals surface area contributed by atoms with Gasteiger partial charge in [-0.2, -0.15) is 0 Å². The highest BCUT2D eigenvalue weighted by Crippen LogP contribution is 2.04. The first-order valence-corrected chi connectivity index (χ1v) is 5.16. The first-order valence-electron chi connectivity index (χ1n) is 5.16. The van der Waals surface area contributed by atoms with Gasteiger partial charge in [-0.25, -0.2) is 0 Å². The summed E-state index contributed by atoms with van der Waals surface area (Å²) in [5.41, 5.74) is 4.79. The first kappa shape index (κ1) is 14.2. The average Bonchev–Trinajstić information content (AvgIpc) is 1.97. The topological polar surface area (TPSA) is 73.9 Å². The molecule has 0 amide bonds. The molecule has 0 aromatic heterocycles. The number of aliphatic imine (C=N–C) groups is 1. The van der Waals surface area contributed by atoms with E-state index < -0.39 is 5.60 Å². The van der Waals surface area contributed by atoms with Crippen molar-refractivity contribution in [2.75, 3.05) is 27.2 Å². The van der Waals surface area contributed by atoms with Gasteiger partial charge in [0.2, 0.25) is 0 Å². The summed E-state index contributed by atoms with van der Waals surface area (Å²) in [7, 11) is 3.82. The van der Waals surface area contributed by atoms with Crippen molar-refractivity contribution in [1.29, 1.82) is 0 Å². The van der Waals surface area contributed by atoms with Crippen molar-refractivity contribution in [1.82, 2.24) is 10.2 Å². The molecule has 0 aliphatic carbocycles. The Hall–Kier alpha value is -0.810. The van der Waals surface area contributed by atoms with Crippen molar-refractivity contribution < 1.29 is 5.11 Å². The molecule has 0 rings (SSSR count). The molecule has 0 saturated carbocycles. The Bertz CT molecular complexity index is 211. The third kappa shape index (κ3) is 8.20. The van der Waals surface area contributed by atoms with Gasteiger partial charge in [0.25, 0.3) is 0 Å². The van der Waals surface area contributed by atoms with Gasteiger partial charge in [-0.3, -0.25) is 4.99 Å². The fourth-order valence-corrected chi connectivity index (χ4v) is 1.33. The number of hydrogen-bond donors (Lipinski definition) is 3. The van der Waals surface area contributed by atoms with Crippen molar-refractivity contribution in [2.45, 2.75) is 32.4 Å². The van der Waals surface area contributed by atoms with Crippen molar-refractivity contribution in [3.63, 3.8) is 0 Å². The van der Waals surface area contributed by atoms with E-state index in [1.165, 1.54) is 0 Å². The largest absolute Gasteiger partial charge is 0.387 e. The van der Waals surface area contributed by atoms with Gasteiger partial charge in [0.1, 0.15) is 0 Å². The average molecular weight is 216 g/mol. The van der Waals surface area contributed by atoms with Crippen LogP contribution in [0.25, 0.3) is 0 Å². The lowest BCUT2D eigenvalue weighted by molar-refractivity contribution is 0.0424. The monoisotopic (exact) mass is 216 g/mol. The zero-order valence-corrected chi connectivity index (χ0v) is 10.4. The highest BCUT2D eigenvalue weighted by Gasteiger charge is 2.20. The predicted octanol–water partition coefficient (Wildman–Crippen LogP) is -0.388. The third-order valence-electron chi connectivity index (χ3n) is 1.68. The Morgan fingerprint density at radius 3 is 2.47 bits per heavy atom. The minimum absolute atomic E-state index is 0.257. The van der Waals surface area contributed by atoms with Crippen molar-refractivity contribution >= 4 is 5.96 Å². The van der Waals surface area contributed by atoms with Gasteiger partial charge >= 0.3 is 0 Å². The van der Waals surface area contributed by atoms with E-state index in [0.29, 0.717) is 19.0 Å². The lowest BCUT2D eigenvalue weighted by atomic mass is 10.1. The molecule has 0 aromatic rings. The molecule has 90 valence electrons. The highest BCUT2D eigenvalue weighted by molar-refractivity contribution is 5.78. The second-order valence-corrected chi connectivity index (χ2v) is 4.74. The van der Waals surface area contributed by atoms with Crippen LogP contribution < -0.4 is 11.1 Å². The lowest BCUT2D eigenvalue weighted by Crippen LogP contribution is -2.42. The SMILES string of the molecule is CC(C)NC(N)=NCC(C)(O)CN(C)C. The predicted molar refractivity (Wildman–Crippen MR) is 63.9 cm³/mol. The minimum Gasteiger partial charge on any atom is -0.387 e. The quantitative estimate of drug-likeness (QED) is 0.432. The maximum absolute atomic E-state index is 9.94. The van der Waals surface area contributed by atoms with Crippen LogP contribution >= 0.6 is 0 Å². The van der Waals surface area contributed by atoms with Crippen molar-refractivity contribution in [2.24, 2.45) is 10.7 Å². The van der Waals surface area contributed by atoms with Crippen molar-refractivity contribution in [3.8, 4) is 0 Å². The van der Waals surface area contributed by atoms with Crippen LogP contribution in [0.1, 0.15) is 20.8 Å². The Morgan fingerprint density at radius 1 is 1.53 bits per heavy atom. The summed E-state index contributed by atoms with van der Waals surface area (Å²) in [4.78, 5) is 6.01. The summed E-state index contributed by atoms with van der Waals surface area (Å²) in [5.74, 6) is 0.379.